The van der Waals surface area contributed by atoms with E-state index in [1.165, 1.54) is 205 Å². The highest BCUT2D eigenvalue weighted by atomic mass is 31.2. The highest BCUT2D eigenvalue weighted by molar-refractivity contribution is 7.50. The molecule has 0 bridgehead atoms. The van der Waals surface area contributed by atoms with Crippen molar-refractivity contribution in [3.63, 3.8) is 0 Å². The Balaban J connectivity index is 3.88. The second kappa shape index (κ2) is 41.9. The van der Waals surface area contributed by atoms with Crippen LogP contribution in [0.4, 0.5) is 0 Å². The van der Waals surface area contributed by atoms with Crippen LogP contribution < -0.4 is 0 Å². The lowest BCUT2D eigenvalue weighted by Gasteiger charge is -2.26. The van der Waals surface area contributed by atoms with Gasteiger partial charge in [-0.05, 0) is 19.3 Å². The Kier molecular flexibility index (Phi) is 42.0. The molecule has 0 fully saturated rings. The summed E-state index contributed by atoms with van der Waals surface area (Å²) in [4.78, 5) is 10.8. The molecule has 0 saturated carbocycles. The zero-order valence-corrected chi connectivity index (χ0v) is 35.8. The largest absolute Gasteiger partial charge is 0.405 e. The second-order valence-corrected chi connectivity index (χ2v) is 17.8. The molecule has 1 unspecified atom stereocenters. The van der Waals surface area contributed by atoms with Crippen LogP contribution in [0, 0.1) is 0 Å². The molecule has 0 radical (unpaired) electrons. The lowest BCUT2D eigenvalue weighted by Crippen LogP contribution is -2.24. The Bertz CT molecular complexity index is 635. The van der Waals surface area contributed by atoms with Crippen LogP contribution in [-0.2, 0) is 9.09 Å². The Hall–Kier alpha value is 0.110. The first kappa shape index (κ1) is 50.1. The van der Waals surface area contributed by atoms with E-state index in [1.807, 2.05) is 0 Å². The van der Waals surface area contributed by atoms with E-state index in [0.717, 1.165) is 44.9 Å². The first-order valence-electron chi connectivity index (χ1n) is 23.3. The normalized spacial score (nSPS) is 13.1. The maximum Gasteiger partial charge on any atom is 0.405 e. The van der Waals surface area contributed by atoms with Crippen LogP contribution in [0.2, 0.25) is 0 Å². The monoisotopic (exact) mass is 728 g/mol. The molecule has 0 amide bonds. The minimum Gasteiger partial charge on any atom is -0.312 e. The van der Waals surface area contributed by atoms with E-state index in [-0.39, 0.29) is 0 Å². The summed E-state index contributed by atoms with van der Waals surface area (Å²) < 4.78 is 20.6. The molecule has 0 heterocycles. The molecular formula is C45H94NO3P. The Morgan fingerprint density at radius 2 is 0.540 bits per heavy atom. The van der Waals surface area contributed by atoms with E-state index in [9.17, 15) is 9.46 Å². The maximum atomic E-state index is 13.2. The van der Waals surface area contributed by atoms with Gasteiger partial charge in [0.2, 0.25) is 0 Å². The zero-order chi connectivity index (χ0) is 36.5. The van der Waals surface area contributed by atoms with Crippen molar-refractivity contribution in [2.75, 3.05) is 19.7 Å². The average molecular weight is 728 g/mol. The third-order valence-corrected chi connectivity index (χ3v) is 12.5. The third-order valence-electron chi connectivity index (χ3n) is 10.9. The fourth-order valence-electron chi connectivity index (χ4n) is 7.37. The lowest BCUT2D eigenvalue weighted by atomic mass is 10.0. The van der Waals surface area contributed by atoms with Crippen LogP contribution in [0.5, 0.6) is 0 Å². The number of hydrogen-bond acceptors (Lipinski definition) is 2. The summed E-state index contributed by atoms with van der Waals surface area (Å²) in [7, 11) is -3.69. The number of rotatable bonds is 44. The van der Waals surface area contributed by atoms with Crippen LogP contribution in [0.3, 0.4) is 0 Å². The molecule has 0 spiro atoms. The van der Waals surface area contributed by atoms with E-state index < -0.39 is 7.75 Å². The summed E-state index contributed by atoms with van der Waals surface area (Å²) in [6.07, 6.45) is 52.1. The summed E-state index contributed by atoms with van der Waals surface area (Å²) >= 11 is 0. The quantitative estimate of drug-likeness (QED) is 0.0501. The number of hydrogen-bond donors (Lipinski definition) is 1. The van der Waals surface area contributed by atoms with Gasteiger partial charge in [-0.15, -0.1) is 0 Å². The van der Waals surface area contributed by atoms with Crippen molar-refractivity contribution >= 4 is 7.75 Å². The van der Waals surface area contributed by atoms with Crippen molar-refractivity contribution < 1.29 is 14.0 Å². The molecule has 0 aliphatic rings. The van der Waals surface area contributed by atoms with Gasteiger partial charge in [-0.1, -0.05) is 252 Å². The predicted octanol–water partition coefficient (Wildman–Crippen LogP) is 16.7. The maximum absolute atomic E-state index is 13.2. The number of nitrogens with zero attached hydrogens (tertiary/aromatic N) is 1. The van der Waals surface area contributed by atoms with Gasteiger partial charge in [0.15, 0.2) is 0 Å². The predicted molar refractivity (Wildman–Crippen MR) is 224 cm³/mol. The summed E-state index contributed by atoms with van der Waals surface area (Å²) in [6.45, 7) is 8.53. The summed E-state index contributed by atoms with van der Waals surface area (Å²) in [5.74, 6) is 0. The van der Waals surface area contributed by atoms with Crippen LogP contribution in [0.1, 0.15) is 271 Å². The molecule has 1 N–H and O–H groups in total. The second-order valence-electron chi connectivity index (χ2n) is 16.0. The average Bonchev–Trinajstić information content (AvgIpc) is 3.11. The lowest BCUT2D eigenvalue weighted by molar-refractivity contribution is 0.194. The van der Waals surface area contributed by atoms with Crippen molar-refractivity contribution in [3.05, 3.63) is 0 Å². The third kappa shape index (κ3) is 37.9. The molecule has 302 valence electrons. The molecule has 0 aromatic rings. The Morgan fingerprint density at radius 1 is 0.340 bits per heavy atom. The van der Waals surface area contributed by atoms with Gasteiger partial charge in [-0.2, -0.15) is 0 Å². The zero-order valence-electron chi connectivity index (χ0n) is 34.9. The molecule has 0 aliphatic carbocycles. The van der Waals surface area contributed by atoms with Gasteiger partial charge in [-0.3, -0.25) is 4.52 Å². The van der Waals surface area contributed by atoms with Crippen LogP contribution >= 0.6 is 7.75 Å². The van der Waals surface area contributed by atoms with Gasteiger partial charge >= 0.3 is 7.75 Å². The highest BCUT2D eigenvalue weighted by Crippen LogP contribution is 2.47. The van der Waals surface area contributed by atoms with Crippen LogP contribution in [-0.4, -0.2) is 29.3 Å². The fourth-order valence-corrected chi connectivity index (χ4v) is 8.69. The van der Waals surface area contributed by atoms with Gasteiger partial charge in [0.05, 0.1) is 6.61 Å². The summed E-state index contributed by atoms with van der Waals surface area (Å²) in [6, 6.07) is 0. The molecule has 4 nitrogen and oxygen atoms in total. The van der Waals surface area contributed by atoms with Crippen molar-refractivity contribution in [3.8, 4) is 0 Å². The van der Waals surface area contributed by atoms with E-state index in [4.69, 9.17) is 4.52 Å². The van der Waals surface area contributed by atoms with Crippen molar-refractivity contribution in [1.82, 2.24) is 4.67 Å². The van der Waals surface area contributed by atoms with Crippen molar-refractivity contribution in [1.29, 1.82) is 0 Å². The Labute approximate surface area is 316 Å². The van der Waals surface area contributed by atoms with Crippen LogP contribution in [0.15, 0.2) is 0 Å². The van der Waals surface area contributed by atoms with Crippen molar-refractivity contribution in [2.45, 2.75) is 271 Å². The first-order chi connectivity index (χ1) is 24.6. The molecule has 0 aliphatic heterocycles. The topological polar surface area (TPSA) is 49.8 Å². The number of unbranched alkanes of at least 4 members (excludes halogenated alkanes) is 36. The minimum absolute atomic E-state index is 0.399. The standard InChI is InChI=1S/C45H94NO3P/c1-4-7-10-12-14-16-18-20-22-24-26-28-30-32-34-36-38-40-43-46(50(47,48)49-45-42-9-6-3)44-41-39-37-35-33-31-29-27-25-23-21-19-17-15-13-11-8-5-2/h4-45H2,1-3H3,(H,47,48). The molecule has 1 atom stereocenters. The van der Waals surface area contributed by atoms with Crippen molar-refractivity contribution in [2.24, 2.45) is 0 Å². The SMILES string of the molecule is CCCCCCCCCCCCCCCCCCCCN(CCCCCCCCCCCCCCCCCCCC)P(=O)(O)OCCCCC. The molecule has 5 heteroatoms. The van der Waals surface area contributed by atoms with E-state index >= 15 is 0 Å². The molecule has 0 rings (SSSR count). The van der Waals surface area contributed by atoms with Gasteiger partial charge in [0, 0.05) is 13.1 Å². The molecule has 0 aromatic heterocycles. The molecule has 50 heavy (non-hydrogen) atoms. The van der Waals surface area contributed by atoms with E-state index in [0.29, 0.717) is 19.7 Å². The van der Waals surface area contributed by atoms with Gasteiger partial charge in [0.1, 0.15) is 0 Å². The van der Waals surface area contributed by atoms with E-state index in [2.05, 4.69) is 20.8 Å². The van der Waals surface area contributed by atoms with Gasteiger partial charge in [-0.25, -0.2) is 9.24 Å². The summed E-state index contributed by atoms with van der Waals surface area (Å²) in [5, 5.41) is 0. The van der Waals surface area contributed by atoms with Gasteiger partial charge in [0.25, 0.3) is 0 Å². The molecule has 0 aromatic carbocycles. The van der Waals surface area contributed by atoms with Crippen LogP contribution in [0.25, 0.3) is 0 Å². The van der Waals surface area contributed by atoms with E-state index in [1.54, 1.807) is 4.67 Å². The molecular weight excluding hydrogens is 633 g/mol. The van der Waals surface area contributed by atoms with Gasteiger partial charge < -0.3 is 4.89 Å². The summed E-state index contributed by atoms with van der Waals surface area (Å²) in [5.41, 5.74) is 0. The highest BCUT2D eigenvalue weighted by Gasteiger charge is 2.28. The minimum atomic E-state index is -3.69. The Morgan fingerprint density at radius 3 is 0.780 bits per heavy atom. The molecule has 0 saturated heterocycles. The smallest absolute Gasteiger partial charge is 0.312 e. The first-order valence-corrected chi connectivity index (χ1v) is 24.8. The fraction of sp³-hybridized carbons (Fsp3) is 1.00.